The van der Waals surface area contributed by atoms with Gasteiger partial charge in [0.1, 0.15) is 17.2 Å². The summed E-state index contributed by atoms with van der Waals surface area (Å²) < 4.78 is 15.8. The standard InChI is InChI=1S/C18H20N2O4/c1-13(16-10-9-15(22-2)11-17(16)23-3)19-20-18(21)12-24-14-7-5-4-6-8-14/h4-11H,12H2,1-3H3,(H,20,21). The second-order valence-corrected chi connectivity index (χ2v) is 4.90. The topological polar surface area (TPSA) is 69.2 Å². The molecule has 6 nitrogen and oxygen atoms in total. The Hall–Kier alpha value is -3.02. The van der Waals surface area contributed by atoms with Gasteiger partial charge in [0.15, 0.2) is 6.61 Å². The summed E-state index contributed by atoms with van der Waals surface area (Å²) in [6.45, 7) is 1.67. The van der Waals surface area contributed by atoms with E-state index in [1.807, 2.05) is 24.3 Å². The minimum absolute atomic E-state index is 0.111. The molecule has 0 radical (unpaired) electrons. The predicted molar refractivity (Wildman–Crippen MR) is 91.8 cm³/mol. The first-order valence-corrected chi connectivity index (χ1v) is 7.37. The summed E-state index contributed by atoms with van der Waals surface area (Å²) in [7, 11) is 3.15. The molecule has 126 valence electrons. The minimum atomic E-state index is -0.342. The highest BCUT2D eigenvalue weighted by atomic mass is 16.5. The summed E-state index contributed by atoms with van der Waals surface area (Å²) >= 11 is 0. The van der Waals surface area contributed by atoms with E-state index in [1.165, 1.54) is 0 Å². The van der Waals surface area contributed by atoms with Crippen molar-refractivity contribution >= 4 is 11.6 Å². The smallest absolute Gasteiger partial charge is 0.277 e. The van der Waals surface area contributed by atoms with E-state index in [-0.39, 0.29) is 12.5 Å². The number of hydrogen-bond donors (Lipinski definition) is 1. The molecule has 0 aliphatic rings. The summed E-state index contributed by atoms with van der Waals surface area (Å²) in [4.78, 5) is 11.8. The Morgan fingerprint density at radius 1 is 1.04 bits per heavy atom. The summed E-state index contributed by atoms with van der Waals surface area (Å²) in [5.41, 5.74) is 3.85. The molecule has 0 aliphatic heterocycles. The van der Waals surface area contributed by atoms with Crippen molar-refractivity contribution in [3.8, 4) is 17.2 Å². The van der Waals surface area contributed by atoms with Crippen molar-refractivity contribution < 1.29 is 19.0 Å². The molecular formula is C18H20N2O4. The Balaban J connectivity index is 1.97. The molecule has 1 amide bonds. The van der Waals surface area contributed by atoms with Crippen molar-refractivity contribution in [2.45, 2.75) is 6.92 Å². The first-order valence-electron chi connectivity index (χ1n) is 7.37. The van der Waals surface area contributed by atoms with Crippen LogP contribution in [-0.2, 0) is 4.79 Å². The zero-order valence-corrected chi connectivity index (χ0v) is 13.9. The zero-order valence-electron chi connectivity index (χ0n) is 13.9. The summed E-state index contributed by atoms with van der Waals surface area (Å²) in [6.07, 6.45) is 0. The normalized spacial score (nSPS) is 10.9. The third kappa shape index (κ3) is 4.74. The van der Waals surface area contributed by atoms with Crippen molar-refractivity contribution in [2.24, 2.45) is 5.10 Å². The van der Waals surface area contributed by atoms with Crippen LogP contribution in [0.25, 0.3) is 0 Å². The van der Waals surface area contributed by atoms with Gasteiger partial charge in [-0.15, -0.1) is 0 Å². The van der Waals surface area contributed by atoms with Gasteiger partial charge in [-0.25, -0.2) is 5.43 Å². The summed E-state index contributed by atoms with van der Waals surface area (Å²) in [5.74, 6) is 1.59. The van der Waals surface area contributed by atoms with E-state index in [2.05, 4.69) is 10.5 Å². The van der Waals surface area contributed by atoms with Crippen molar-refractivity contribution in [1.29, 1.82) is 0 Å². The molecule has 24 heavy (non-hydrogen) atoms. The lowest BCUT2D eigenvalue weighted by Gasteiger charge is -2.10. The molecule has 1 N–H and O–H groups in total. The highest BCUT2D eigenvalue weighted by Gasteiger charge is 2.09. The van der Waals surface area contributed by atoms with Crippen LogP contribution in [0.2, 0.25) is 0 Å². The van der Waals surface area contributed by atoms with Gasteiger partial charge in [-0.3, -0.25) is 4.79 Å². The van der Waals surface area contributed by atoms with E-state index < -0.39 is 0 Å². The lowest BCUT2D eigenvalue weighted by Crippen LogP contribution is -2.25. The molecule has 0 saturated carbocycles. The van der Waals surface area contributed by atoms with E-state index in [0.717, 1.165) is 5.56 Å². The molecule has 0 spiro atoms. The van der Waals surface area contributed by atoms with Crippen LogP contribution in [0.15, 0.2) is 53.6 Å². The predicted octanol–water partition coefficient (Wildman–Crippen LogP) is 2.62. The molecule has 0 unspecified atom stereocenters. The molecule has 2 aromatic rings. The number of rotatable bonds is 7. The van der Waals surface area contributed by atoms with Crippen LogP contribution in [0.4, 0.5) is 0 Å². The van der Waals surface area contributed by atoms with Crippen molar-refractivity contribution in [3.05, 3.63) is 54.1 Å². The fraction of sp³-hybridized carbons (Fsp3) is 0.222. The number of carbonyl (C=O) groups excluding carboxylic acids is 1. The number of hydrazone groups is 1. The van der Waals surface area contributed by atoms with Gasteiger partial charge in [-0.2, -0.15) is 5.10 Å². The number of amides is 1. The molecule has 0 bridgehead atoms. The third-order valence-corrected chi connectivity index (χ3v) is 3.26. The first-order chi connectivity index (χ1) is 11.6. The van der Waals surface area contributed by atoms with Crippen LogP contribution in [-0.4, -0.2) is 32.4 Å². The van der Waals surface area contributed by atoms with Crippen molar-refractivity contribution in [1.82, 2.24) is 5.43 Å². The van der Waals surface area contributed by atoms with Crippen molar-refractivity contribution in [3.63, 3.8) is 0 Å². The molecule has 2 aromatic carbocycles. The maximum atomic E-state index is 11.8. The number of ether oxygens (including phenoxy) is 3. The van der Waals surface area contributed by atoms with Crippen molar-refractivity contribution in [2.75, 3.05) is 20.8 Å². The Bertz CT molecular complexity index is 714. The molecule has 0 saturated heterocycles. The molecule has 0 aliphatic carbocycles. The number of para-hydroxylation sites is 1. The number of benzene rings is 2. The number of carbonyl (C=O) groups is 1. The lowest BCUT2D eigenvalue weighted by atomic mass is 10.1. The molecular weight excluding hydrogens is 308 g/mol. The average molecular weight is 328 g/mol. The maximum absolute atomic E-state index is 11.8. The summed E-state index contributed by atoms with van der Waals surface area (Å²) in [6, 6.07) is 14.5. The molecule has 2 rings (SSSR count). The van der Waals surface area contributed by atoms with E-state index >= 15 is 0 Å². The van der Waals surface area contributed by atoms with E-state index in [4.69, 9.17) is 14.2 Å². The lowest BCUT2D eigenvalue weighted by molar-refractivity contribution is -0.123. The quantitative estimate of drug-likeness (QED) is 0.626. The van der Waals surface area contributed by atoms with Gasteiger partial charge in [0.2, 0.25) is 0 Å². The van der Waals surface area contributed by atoms with Gasteiger partial charge in [0.25, 0.3) is 5.91 Å². The van der Waals surface area contributed by atoms with Crippen LogP contribution < -0.4 is 19.6 Å². The van der Waals surface area contributed by atoms with Crippen LogP contribution in [0.5, 0.6) is 17.2 Å². The SMILES string of the molecule is COc1ccc(C(C)=NNC(=O)COc2ccccc2)c(OC)c1. The van der Waals surface area contributed by atoms with E-state index in [9.17, 15) is 4.79 Å². The second-order valence-electron chi connectivity index (χ2n) is 4.90. The maximum Gasteiger partial charge on any atom is 0.277 e. The highest BCUT2D eigenvalue weighted by Crippen LogP contribution is 2.25. The van der Waals surface area contributed by atoms with Gasteiger partial charge < -0.3 is 14.2 Å². The fourth-order valence-corrected chi connectivity index (χ4v) is 2.00. The van der Waals surface area contributed by atoms with E-state index in [1.54, 1.807) is 45.4 Å². The average Bonchev–Trinajstić information content (AvgIpc) is 2.64. The second kappa shape index (κ2) is 8.57. The number of methoxy groups -OCH3 is 2. The van der Waals surface area contributed by atoms with Crippen LogP contribution in [0, 0.1) is 0 Å². The number of hydrogen-bond acceptors (Lipinski definition) is 5. The van der Waals surface area contributed by atoms with E-state index in [0.29, 0.717) is 23.0 Å². The van der Waals surface area contributed by atoms with Crippen LogP contribution >= 0.6 is 0 Å². The zero-order chi connectivity index (χ0) is 17.4. The Morgan fingerprint density at radius 3 is 2.46 bits per heavy atom. The third-order valence-electron chi connectivity index (χ3n) is 3.26. The molecule has 0 atom stereocenters. The van der Waals surface area contributed by atoms with Gasteiger partial charge in [-0.1, -0.05) is 18.2 Å². The Kier molecular flexibility index (Phi) is 6.19. The van der Waals surface area contributed by atoms with Crippen LogP contribution in [0.1, 0.15) is 12.5 Å². The molecule has 0 heterocycles. The van der Waals surface area contributed by atoms with Crippen LogP contribution in [0.3, 0.4) is 0 Å². The van der Waals surface area contributed by atoms with Gasteiger partial charge in [0, 0.05) is 11.6 Å². The Labute approximate surface area is 141 Å². The fourth-order valence-electron chi connectivity index (χ4n) is 2.00. The van der Waals surface area contributed by atoms with Gasteiger partial charge in [-0.05, 0) is 31.2 Å². The molecule has 0 fully saturated rings. The summed E-state index contributed by atoms with van der Waals surface area (Å²) in [5, 5.41) is 4.09. The van der Waals surface area contributed by atoms with Gasteiger partial charge >= 0.3 is 0 Å². The first kappa shape index (κ1) is 17.3. The molecule has 6 heteroatoms. The molecule has 0 aromatic heterocycles. The minimum Gasteiger partial charge on any atom is -0.497 e. The van der Waals surface area contributed by atoms with Gasteiger partial charge in [0.05, 0.1) is 19.9 Å². The monoisotopic (exact) mass is 328 g/mol. The number of nitrogens with zero attached hydrogens (tertiary/aromatic N) is 1. The largest absolute Gasteiger partial charge is 0.497 e. The highest BCUT2D eigenvalue weighted by molar-refractivity contribution is 6.01. The number of nitrogens with one attached hydrogen (secondary N) is 1. The Morgan fingerprint density at radius 2 is 1.79 bits per heavy atom.